The lowest BCUT2D eigenvalue weighted by molar-refractivity contribution is -0.136. The normalized spacial score (nSPS) is 18.0. The van der Waals surface area contributed by atoms with Gasteiger partial charge in [0, 0.05) is 44.8 Å². The molecule has 11 heteroatoms. The van der Waals surface area contributed by atoms with Crippen molar-refractivity contribution in [3.8, 4) is 11.4 Å². The molecular weight excluding hydrogens is 472 g/mol. The minimum atomic E-state index is -0.325. The van der Waals surface area contributed by atoms with Gasteiger partial charge in [0.15, 0.2) is 17.0 Å². The molecule has 0 N–H and O–H groups in total. The van der Waals surface area contributed by atoms with E-state index in [0.717, 1.165) is 17.1 Å². The first kappa shape index (κ1) is 22.9. The van der Waals surface area contributed by atoms with Gasteiger partial charge in [-0.2, -0.15) is 4.68 Å². The van der Waals surface area contributed by atoms with Gasteiger partial charge in [0.05, 0.1) is 18.7 Å². The van der Waals surface area contributed by atoms with E-state index in [1.54, 1.807) is 16.7 Å². The van der Waals surface area contributed by atoms with Crippen LogP contribution in [-0.2, 0) is 9.59 Å². The van der Waals surface area contributed by atoms with Gasteiger partial charge in [-0.15, -0.1) is 5.10 Å². The molecule has 0 unspecified atom stereocenters. The van der Waals surface area contributed by atoms with Crippen molar-refractivity contribution in [1.29, 1.82) is 0 Å². The monoisotopic (exact) mass is 498 g/mol. The highest BCUT2D eigenvalue weighted by Gasteiger charge is 2.38. The van der Waals surface area contributed by atoms with Crippen molar-refractivity contribution in [3.05, 3.63) is 60.9 Å². The summed E-state index contributed by atoms with van der Waals surface area (Å²) < 4.78 is 6.91. The van der Waals surface area contributed by atoms with E-state index in [-0.39, 0.29) is 24.2 Å². The molecule has 2 aliphatic heterocycles. The number of benzene rings is 2. The highest BCUT2D eigenvalue weighted by Crippen LogP contribution is 2.28. The van der Waals surface area contributed by atoms with Gasteiger partial charge in [0.25, 0.3) is 0 Å². The average Bonchev–Trinajstić information content (AvgIpc) is 3.57. The lowest BCUT2D eigenvalue weighted by atomic mass is 10.1. The summed E-state index contributed by atoms with van der Waals surface area (Å²) in [6, 6.07) is 17.0. The predicted octanol–water partition coefficient (Wildman–Crippen LogP) is 1.92. The van der Waals surface area contributed by atoms with Crippen LogP contribution in [0.1, 0.15) is 6.42 Å². The van der Waals surface area contributed by atoms with E-state index >= 15 is 0 Å². The predicted molar refractivity (Wildman–Crippen MR) is 137 cm³/mol. The summed E-state index contributed by atoms with van der Waals surface area (Å²) in [6.07, 6.45) is 1.76. The van der Waals surface area contributed by atoms with E-state index in [4.69, 9.17) is 4.74 Å². The van der Waals surface area contributed by atoms with Crippen LogP contribution < -0.4 is 14.5 Å². The van der Waals surface area contributed by atoms with Crippen LogP contribution in [0.25, 0.3) is 16.9 Å². The number of carbonyl (C=O) groups is 2. The second-order valence-electron chi connectivity index (χ2n) is 9.12. The molecule has 0 radical (unpaired) electrons. The number of para-hydroxylation sites is 1. The van der Waals surface area contributed by atoms with Crippen LogP contribution in [0.4, 0.5) is 11.5 Å². The van der Waals surface area contributed by atoms with E-state index in [1.807, 2.05) is 59.5 Å². The molecule has 4 aromatic rings. The van der Waals surface area contributed by atoms with Crippen LogP contribution in [0.3, 0.4) is 0 Å². The third-order valence-electron chi connectivity index (χ3n) is 6.97. The van der Waals surface area contributed by atoms with E-state index in [1.165, 1.54) is 6.33 Å². The third-order valence-corrected chi connectivity index (χ3v) is 6.97. The van der Waals surface area contributed by atoms with Gasteiger partial charge in [-0.1, -0.05) is 23.4 Å². The second kappa shape index (κ2) is 9.49. The van der Waals surface area contributed by atoms with E-state index < -0.39 is 0 Å². The molecule has 0 spiro atoms. The Kier molecular flexibility index (Phi) is 5.87. The molecule has 2 fully saturated rings. The van der Waals surface area contributed by atoms with E-state index in [2.05, 4.69) is 25.2 Å². The summed E-state index contributed by atoms with van der Waals surface area (Å²) in [6.45, 7) is 2.73. The minimum Gasteiger partial charge on any atom is -0.497 e. The van der Waals surface area contributed by atoms with Crippen LogP contribution in [0.2, 0.25) is 0 Å². The summed E-state index contributed by atoms with van der Waals surface area (Å²) >= 11 is 0. The Labute approximate surface area is 213 Å². The standard InChI is InChI=1S/C26H26N8O3/c1-37-21-9-7-20(8-10-21)34-25-23(29-30-34)24(27-17-28-25)31-11-13-32(14-12-31)26(36)18-15-22(35)33(16-18)19-5-3-2-4-6-19/h2-10,17-18H,11-16H2,1H3/t18-/m0/s1. The Morgan fingerprint density at radius 1 is 0.946 bits per heavy atom. The lowest BCUT2D eigenvalue weighted by Gasteiger charge is -2.36. The van der Waals surface area contributed by atoms with Crippen LogP contribution in [0.15, 0.2) is 60.9 Å². The molecule has 1 atom stereocenters. The molecule has 2 saturated heterocycles. The van der Waals surface area contributed by atoms with Crippen LogP contribution in [0, 0.1) is 5.92 Å². The van der Waals surface area contributed by atoms with Crippen LogP contribution >= 0.6 is 0 Å². The van der Waals surface area contributed by atoms with Gasteiger partial charge < -0.3 is 19.4 Å². The smallest absolute Gasteiger partial charge is 0.228 e. The number of piperazine rings is 1. The summed E-state index contributed by atoms with van der Waals surface area (Å²) in [4.78, 5) is 40.4. The fourth-order valence-corrected chi connectivity index (χ4v) is 4.99. The first-order valence-electron chi connectivity index (χ1n) is 12.2. The highest BCUT2D eigenvalue weighted by molar-refractivity contribution is 6.00. The number of ether oxygens (including phenoxy) is 1. The largest absolute Gasteiger partial charge is 0.497 e. The molecule has 2 amide bonds. The Hall–Kier alpha value is -4.54. The zero-order chi connectivity index (χ0) is 25.4. The second-order valence-corrected chi connectivity index (χ2v) is 9.12. The topological polar surface area (TPSA) is 110 Å². The highest BCUT2D eigenvalue weighted by atomic mass is 16.5. The molecule has 11 nitrogen and oxygen atoms in total. The molecular formula is C26H26N8O3. The van der Waals surface area contributed by atoms with Crippen molar-refractivity contribution in [1.82, 2.24) is 29.9 Å². The first-order valence-corrected chi connectivity index (χ1v) is 12.2. The molecule has 188 valence electrons. The summed E-state index contributed by atoms with van der Waals surface area (Å²) in [5, 5.41) is 8.67. The Bertz CT molecular complexity index is 1430. The number of amides is 2. The quantitative estimate of drug-likeness (QED) is 0.411. The maximum atomic E-state index is 13.3. The maximum Gasteiger partial charge on any atom is 0.228 e. The fraction of sp³-hybridized carbons (Fsp3) is 0.308. The van der Waals surface area contributed by atoms with Gasteiger partial charge >= 0.3 is 0 Å². The van der Waals surface area contributed by atoms with Crippen molar-refractivity contribution in [2.75, 3.05) is 49.6 Å². The van der Waals surface area contributed by atoms with Crippen LogP contribution in [0.5, 0.6) is 5.75 Å². The number of hydrogen-bond donors (Lipinski definition) is 0. The van der Waals surface area contributed by atoms with Crippen molar-refractivity contribution in [3.63, 3.8) is 0 Å². The van der Waals surface area contributed by atoms with Gasteiger partial charge in [0.2, 0.25) is 11.8 Å². The number of hydrogen-bond acceptors (Lipinski definition) is 8. The number of carbonyl (C=O) groups excluding carboxylic acids is 2. The number of aromatic nitrogens is 5. The zero-order valence-electron chi connectivity index (χ0n) is 20.4. The van der Waals surface area contributed by atoms with Crippen molar-refractivity contribution >= 4 is 34.5 Å². The van der Waals surface area contributed by atoms with Gasteiger partial charge in [-0.05, 0) is 36.4 Å². The Balaban J connectivity index is 1.14. The number of methoxy groups -OCH3 is 1. The molecule has 2 aromatic heterocycles. The molecule has 2 aromatic carbocycles. The molecule has 6 rings (SSSR count). The molecule has 0 saturated carbocycles. The van der Waals surface area contributed by atoms with Crippen LogP contribution in [-0.4, -0.2) is 81.5 Å². The fourth-order valence-electron chi connectivity index (χ4n) is 4.99. The number of nitrogens with zero attached hydrogens (tertiary/aromatic N) is 8. The van der Waals surface area contributed by atoms with Crippen molar-refractivity contribution in [2.45, 2.75) is 6.42 Å². The van der Waals surface area contributed by atoms with E-state index in [9.17, 15) is 9.59 Å². The maximum absolute atomic E-state index is 13.3. The molecule has 0 bridgehead atoms. The summed E-state index contributed by atoms with van der Waals surface area (Å²) in [5.41, 5.74) is 2.87. The van der Waals surface area contributed by atoms with Crippen molar-refractivity contribution in [2.24, 2.45) is 5.92 Å². The number of anilines is 2. The Morgan fingerprint density at radius 2 is 1.70 bits per heavy atom. The van der Waals surface area contributed by atoms with Gasteiger partial charge in [-0.25, -0.2) is 9.97 Å². The first-order chi connectivity index (χ1) is 18.1. The van der Waals surface area contributed by atoms with Gasteiger partial charge in [0.1, 0.15) is 12.1 Å². The lowest BCUT2D eigenvalue weighted by Crippen LogP contribution is -2.51. The Morgan fingerprint density at radius 3 is 2.43 bits per heavy atom. The molecule has 37 heavy (non-hydrogen) atoms. The average molecular weight is 499 g/mol. The number of fused-ring (bicyclic) bond motifs is 1. The summed E-state index contributed by atoms with van der Waals surface area (Å²) in [7, 11) is 1.62. The third kappa shape index (κ3) is 4.22. The molecule has 2 aliphatic rings. The SMILES string of the molecule is COc1ccc(-n2nnc3c(N4CCN(C(=O)[C@H]5CC(=O)N(c6ccccc6)C5)CC4)ncnc32)cc1. The summed E-state index contributed by atoms with van der Waals surface area (Å²) in [5.74, 6) is 1.15. The molecule has 0 aliphatic carbocycles. The zero-order valence-corrected chi connectivity index (χ0v) is 20.4. The van der Waals surface area contributed by atoms with Crippen molar-refractivity contribution < 1.29 is 14.3 Å². The van der Waals surface area contributed by atoms with E-state index in [0.29, 0.717) is 49.7 Å². The molecule has 4 heterocycles. The van der Waals surface area contributed by atoms with Gasteiger partial charge in [-0.3, -0.25) is 9.59 Å². The minimum absolute atomic E-state index is 0.00786. The number of rotatable bonds is 5.